The lowest BCUT2D eigenvalue weighted by molar-refractivity contribution is 0.726. The summed E-state index contributed by atoms with van der Waals surface area (Å²) in [5, 5.41) is 4.98. The smallest absolute Gasteiger partial charge is 0.161 e. The minimum atomic E-state index is 0.982. The number of rotatable bonds is 2. The first-order chi connectivity index (χ1) is 12.1. The van der Waals surface area contributed by atoms with Crippen LogP contribution in [0, 0.1) is 20.8 Å². The highest BCUT2D eigenvalue weighted by Crippen LogP contribution is 2.29. The van der Waals surface area contributed by atoms with Crippen molar-refractivity contribution in [2.45, 2.75) is 46.5 Å². The Morgan fingerprint density at radius 1 is 0.920 bits per heavy atom. The largest absolute Gasteiger partial charge is 0.356 e. The molecule has 0 spiro atoms. The second-order valence-corrected chi connectivity index (χ2v) is 7.24. The summed E-state index contributed by atoms with van der Waals surface area (Å²) in [6, 6.07) is 10.8. The molecule has 4 rings (SSSR count). The lowest BCUT2D eigenvalue weighted by Gasteiger charge is -2.23. The number of hydrogen-bond acceptors (Lipinski definition) is 3. The van der Waals surface area contributed by atoms with Crippen LogP contribution in [-0.4, -0.2) is 27.7 Å². The number of aromatic nitrogens is 3. The molecular formula is C21H26N4. The van der Waals surface area contributed by atoms with Crippen LogP contribution in [0.3, 0.4) is 0 Å². The van der Waals surface area contributed by atoms with Gasteiger partial charge in [-0.2, -0.15) is 9.61 Å². The third-order valence-electron chi connectivity index (χ3n) is 5.15. The van der Waals surface area contributed by atoms with E-state index in [1.54, 1.807) is 0 Å². The molecule has 4 nitrogen and oxygen atoms in total. The van der Waals surface area contributed by atoms with Gasteiger partial charge in [0.1, 0.15) is 5.82 Å². The quantitative estimate of drug-likeness (QED) is 0.681. The van der Waals surface area contributed by atoms with Gasteiger partial charge in [-0.1, -0.05) is 36.6 Å². The molecule has 1 aliphatic heterocycles. The van der Waals surface area contributed by atoms with Crippen LogP contribution in [0.15, 0.2) is 30.3 Å². The molecule has 1 saturated heterocycles. The fourth-order valence-electron chi connectivity index (χ4n) is 3.82. The Bertz CT molecular complexity index is 902. The Morgan fingerprint density at radius 2 is 1.68 bits per heavy atom. The van der Waals surface area contributed by atoms with Gasteiger partial charge in [0, 0.05) is 36.0 Å². The highest BCUT2D eigenvalue weighted by molar-refractivity contribution is 5.72. The molecule has 0 amide bonds. The Labute approximate surface area is 149 Å². The minimum absolute atomic E-state index is 0.982. The molecule has 2 aromatic heterocycles. The molecule has 130 valence electrons. The lowest BCUT2D eigenvalue weighted by Crippen LogP contribution is -2.26. The highest BCUT2D eigenvalue weighted by atomic mass is 15.4. The molecule has 3 aromatic rings. The van der Waals surface area contributed by atoms with Crippen LogP contribution >= 0.6 is 0 Å². The van der Waals surface area contributed by atoms with E-state index in [0.717, 1.165) is 35.7 Å². The van der Waals surface area contributed by atoms with Crippen molar-refractivity contribution in [3.63, 3.8) is 0 Å². The average Bonchev–Trinajstić information content (AvgIpc) is 2.78. The van der Waals surface area contributed by atoms with Gasteiger partial charge >= 0.3 is 0 Å². The summed E-state index contributed by atoms with van der Waals surface area (Å²) < 4.78 is 2.06. The van der Waals surface area contributed by atoms with Crippen molar-refractivity contribution >= 4 is 11.5 Å². The van der Waals surface area contributed by atoms with Gasteiger partial charge in [0.25, 0.3) is 0 Å². The van der Waals surface area contributed by atoms with Crippen LogP contribution < -0.4 is 4.90 Å². The van der Waals surface area contributed by atoms with Gasteiger partial charge in [-0.25, -0.2) is 4.98 Å². The number of hydrogen-bond donors (Lipinski definition) is 0. The van der Waals surface area contributed by atoms with Crippen LogP contribution in [0.4, 0.5) is 5.82 Å². The first-order valence-electron chi connectivity index (χ1n) is 9.32. The summed E-state index contributed by atoms with van der Waals surface area (Å²) in [5.74, 6) is 1.19. The number of benzene rings is 1. The second-order valence-electron chi connectivity index (χ2n) is 7.24. The maximum atomic E-state index is 4.98. The first kappa shape index (κ1) is 16.1. The summed E-state index contributed by atoms with van der Waals surface area (Å²) in [7, 11) is 0. The van der Waals surface area contributed by atoms with Crippen molar-refractivity contribution in [1.29, 1.82) is 0 Å². The number of anilines is 1. The van der Waals surface area contributed by atoms with E-state index in [4.69, 9.17) is 10.1 Å². The lowest BCUT2D eigenvalue weighted by atomic mass is 10.1. The molecule has 1 fully saturated rings. The summed E-state index contributed by atoms with van der Waals surface area (Å²) in [6.07, 6.45) is 5.18. The molecule has 3 heterocycles. The monoisotopic (exact) mass is 334 g/mol. The van der Waals surface area contributed by atoms with Crippen molar-refractivity contribution in [3.05, 3.63) is 47.2 Å². The van der Waals surface area contributed by atoms with E-state index in [0.29, 0.717) is 0 Å². The van der Waals surface area contributed by atoms with Crippen LogP contribution in [0.5, 0.6) is 0 Å². The van der Waals surface area contributed by atoms with Gasteiger partial charge < -0.3 is 4.90 Å². The van der Waals surface area contributed by atoms with Crippen molar-refractivity contribution in [2.24, 2.45) is 0 Å². The van der Waals surface area contributed by atoms with E-state index in [9.17, 15) is 0 Å². The SMILES string of the molecule is Cc1cccc(-c2nn3c(N4CCCCCC4)cc(C)nc3c2C)c1. The molecule has 1 aliphatic rings. The molecule has 25 heavy (non-hydrogen) atoms. The van der Waals surface area contributed by atoms with Crippen molar-refractivity contribution < 1.29 is 0 Å². The topological polar surface area (TPSA) is 33.4 Å². The molecular weight excluding hydrogens is 308 g/mol. The zero-order chi connectivity index (χ0) is 17.4. The molecule has 0 unspecified atom stereocenters. The van der Waals surface area contributed by atoms with Crippen LogP contribution in [0.1, 0.15) is 42.5 Å². The van der Waals surface area contributed by atoms with E-state index in [-0.39, 0.29) is 0 Å². The summed E-state index contributed by atoms with van der Waals surface area (Å²) in [4.78, 5) is 7.28. The third kappa shape index (κ3) is 3.01. The van der Waals surface area contributed by atoms with E-state index in [2.05, 4.69) is 60.5 Å². The molecule has 0 N–H and O–H groups in total. The van der Waals surface area contributed by atoms with Crippen molar-refractivity contribution in [3.8, 4) is 11.3 Å². The zero-order valence-electron chi connectivity index (χ0n) is 15.4. The average molecular weight is 334 g/mol. The van der Waals surface area contributed by atoms with Crippen molar-refractivity contribution in [1.82, 2.24) is 14.6 Å². The van der Waals surface area contributed by atoms with E-state index < -0.39 is 0 Å². The van der Waals surface area contributed by atoms with Gasteiger partial charge in [-0.15, -0.1) is 0 Å². The summed E-state index contributed by atoms with van der Waals surface area (Å²) >= 11 is 0. The highest BCUT2D eigenvalue weighted by Gasteiger charge is 2.19. The second kappa shape index (κ2) is 6.51. The minimum Gasteiger partial charge on any atom is -0.356 e. The van der Waals surface area contributed by atoms with E-state index >= 15 is 0 Å². The van der Waals surface area contributed by atoms with E-state index in [1.807, 2.05) is 0 Å². The van der Waals surface area contributed by atoms with Gasteiger partial charge in [0.05, 0.1) is 5.69 Å². The maximum Gasteiger partial charge on any atom is 0.161 e. The molecule has 4 heteroatoms. The summed E-state index contributed by atoms with van der Waals surface area (Å²) in [6.45, 7) is 8.56. The Morgan fingerprint density at radius 3 is 2.40 bits per heavy atom. The van der Waals surface area contributed by atoms with Gasteiger partial charge in [-0.05, 0) is 39.7 Å². The Hall–Kier alpha value is -2.36. The Balaban J connectivity index is 1.88. The molecule has 0 bridgehead atoms. The third-order valence-corrected chi connectivity index (χ3v) is 5.15. The summed E-state index contributed by atoms with van der Waals surface area (Å²) in [5.41, 5.74) is 6.66. The molecule has 0 saturated carbocycles. The zero-order valence-corrected chi connectivity index (χ0v) is 15.4. The standard InChI is InChI=1S/C21H26N4/c1-15-9-8-10-18(13-15)20-17(3)21-22-16(2)14-19(25(21)23-20)24-11-6-4-5-7-12-24/h8-10,13-14H,4-7,11-12H2,1-3H3. The molecule has 0 aliphatic carbocycles. The fourth-order valence-corrected chi connectivity index (χ4v) is 3.82. The maximum absolute atomic E-state index is 4.98. The van der Waals surface area contributed by atoms with Gasteiger partial charge in [0.2, 0.25) is 0 Å². The van der Waals surface area contributed by atoms with Crippen molar-refractivity contribution in [2.75, 3.05) is 18.0 Å². The number of aryl methyl sites for hydroxylation is 3. The van der Waals surface area contributed by atoms with Crippen LogP contribution in [0.2, 0.25) is 0 Å². The Kier molecular flexibility index (Phi) is 4.20. The van der Waals surface area contributed by atoms with Gasteiger partial charge in [-0.3, -0.25) is 0 Å². The molecule has 1 aromatic carbocycles. The van der Waals surface area contributed by atoms with E-state index in [1.165, 1.54) is 42.6 Å². The predicted molar refractivity (Wildman–Crippen MR) is 103 cm³/mol. The first-order valence-corrected chi connectivity index (χ1v) is 9.32. The van der Waals surface area contributed by atoms with Crippen LogP contribution in [-0.2, 0) is 0 Å². The number of nitrogens with zero attached hydrogens (tertiary/aromatic N) is 4. The number of fused-ring (bicyclic) bond motifs is 1. The normalized spacial score (nSPS) is 15.6. The van der Waals surface area contributed by atoms with Crippen LogP contribution in [0.25, 0.3) is 16.9 Å². The predicted octanol–water partition coefficient (Wildman–Crippen LogP) is 4.70. The fraction of sp³-hybridized carbons (Fsp3) is 0.429. The molecule has 0 atom stereocenters. The van der Waals surface area contributed by atoms with Gasteiger partial charge in [0.15, 0.2) is 5.65 Å². The molecule has 0 radical (unpaired) electrons.